The Morgan fingerprint density at radius 1 is 0.897 bits per heavy atom. The summed E-state index contributed by atoms with van der Waals surface area (Å²) < 4.78 is 7.40. The van der Waals surface area contributed by atoms with Crippen molar-refractivity contribution in [3.63, 3.8) is 0 Å². The van der Waals surface area contributed by atoms with E-state index in [0.717, 1.165) is 28.6 Å². The molecule has 0 aliphatic heterocycles. The van der Waals surface area contributed by atoms with Gasteiger partial charge in [0.1, 0.15) is 0 Å². The topological polar surface area (TPSA) is 43.3 Å². The number of methoxy groups -OCH3 is 1. The molecule has 1 aromatic heterocycles. The third-order valence-electron chi connectivity index (χ3n) is 5.09. The fourth-order valence-corrected chi connectivity index (χ4v) is 3.64. The molecule has 0 bridgehead atoms. The van der Waals surface area contributed by atoms with E-state index in [1.807, 2.05) is 66.9 Å². The molecule has 0 fully saturated rings. The molecule has 0 unspecified atom stereocenters. The highest BCUT2D eigenvalue weighted by atomic mass is 16.5. The van der Waals surface area contributed by atoms with Crippen LogP contribution < -0.4 is 5.32 Å². The van der Waals surface area contributed by atoms with Crippen LogP contribution in [0.15, 0.2) is 85.1 Å². The van der Waals surface area contributed by atoms with Gasteiger partial charge in [-0.1, -0.05) is 72.8 Å². The van der Waals surface area contributed by atoms with Crippen LogP contribution in [0.2, 0.25) is 0 Å². The lowest BCUT2D eigenvalue weighted by Crippen LogP contribution is -2.23. The summed E-state index contributed by atoms with van der Waals surface area (Å²) in [6, 6.07) is 26.3. The van der Waals surface area contributed by atoms with Crippen LogP contribution >= 0.6 is 0 Å². The number of nitrogens with zero attached hydrogens (tertiary/aromatic N) is 1. The van der Waals surface area contributed by atoms with Crippen LogP contribution in [-0.4, -0.2) is 17.6 Å². The minimum absolute atomic E-state index is 0.0692. The average molecular weight is 384 g/mol. The van der Waals surface area contributed by atoms with Crippen molar-refractivity contribution in [3.05, 3.63) is 107 Å². The minimum atomic E-state index is -0.0692. The summed E-state index contributed by atoms with van der Waals surface area (Å²) in [4.78, 5) is 13.0. The van der Waals surface area contributed by atoms with Crippen LogP contribution in [0.1, 0.15) is 27.0 Å². The summed E-state index contributed by atoms with van der Waals surface area (Å²) in [6.07, 6.45) is 1.95. The normalized spacial score (nSPS) is 10.9. The number of amides is 1. The van der Waals surface area contributed by atoms with Crippen molar-refractivity contribution in [2.75, 3.05) is 7.11 Å². The van der Waals surface area contributed by atoms with Gasteiger partial charge in [-0.3, -0.25) is 4.79 Å². The molecule has 4 nitrogen and oxygen atoms in total. The monoisotopic (exact) mass is 384 g/mol. The van der Waals surface area contributed by atoms with Gasteiger partial charge in [0, 0.05) is 37.3 Å². The average Bonchev–Trinajstić information content (AvgIpc) is 3.12. The third kappa shape index (κ3) is 4.23. The molecule has 146 valence electrons. The highest BCUT2D eigenvalue weighted by Crippen LogP contribution is 2.23. The van der Waals surface area contributed by atoms with E-state index in [9.17, 15) is 4.79 Å². The Hall–Kier alpha value is -3.37. The molecule has 1 amide bonds. The highest BCUT2D eigenvalue weighted by molar-refractivity contribution is 6.07. The highest BCUT2D eigenvalue weighted by Gasteiger charge is 2.15. The lowest BCUT2D eigenvalue weighted by atomic mass is 10.1. The first-order chi connectivity index (χ1) is 14.3. The molecule has 1 heterocycles. The molecule has 1 N–H and O–H groups in total. The smallest absolute Gasteiger partial charge is 0.253 e. The van der Waals surface area contributed by atoms with Gasteiger partial charge in [-0.2, -0.15) is 0 Å². The maximum atomic E-state index is 13.0. The third-order valence-corrected chi connectivity index (χ3v) is 5.09. The molecule has 0 atom stereocenters. The van der Waals surface area contributed by atoms with E-state index < -0.39 is 0 Å². The summed E-state index contributed by atoms with van der Waals surface area (Å²) in [5.74, 6) is -0.0692. The first-order valence-corrected chi connectivity index (χ1v) is 9.72. The molecule has 4 aromatic rings. The zero-order valence-corrected chi connectivity index (χ0v) is 16.5. The Kier molecular flexibility index (Phi) is 5.73. The molecule has 0 spiro atoms. The van der Waals surface area contributed by atoms with Gasteiger partial charge < -0.3 is 14.6 Å². The number of ether oxygens (including phenoxy) is 1. The second kappa shape index (κ2) is 8.76. The van der Waals surface area contributed by atoms with Crippen molar-refractivity contribution in [1.82, 2.24) is 9.88 Å². The summed E-state index contributed by atoms with van der Waals surface area (Å²) in [7, 11) is 1.68. The number of hydrogen-bond donors (Lipinski definition) is 1. The van der Waals surface area contributed by atoms with Crippen LogP contribution in [0, 0.1) is 0 Å². The Morgan fingerprint density at radius 2 is 1.59 bits per heavy atom. The van der Waals surface area contributed by atoms with Gasteiger partial charge in [-0.25, -0.2) is 0 Å². The number of rotatable bonds is 7. The molecule has 0 aliphatic rings. The van der Waals surface area contributed by atoms with E-state index in [2.05, 4.69) is 28.1 Å². The molecule has 4 rings (SSSR count). The molecule has 3 aromatic carbocycles. The molecule has 29 heavy (non-hydrogen) atoms. The van der Waals surface area contributed by atoms with Crippen molar-refractivity contribution in [3.8, 4) is 0 Å². The molecule has 0 saturated heterocycles. The van der Waals surface area contributed by atoms with Crippen LogP contribution in [0.5, 0.6) is 0 Å². The minimum Gasteiger partial charge on any atom is -0.380 e. The Balaban J connectivity index is 1.58. The zero-order chi connectivity index (χ0) is 20.1. The number of para-hydroxylation sites is 1. The summed E-state index contributed by atoms with van der Waals surface area (Å²) >= 11 is 0. The number of aromatic nitrogens is 1. The fourth-order valence-electron chi connectivity index (χ4n) is 3.64. The Morgan fingerprint density at radius 3 is 2.38 bits per heavy atom. The van der Waals surface area contributed by atoms with Gasteiger partial charge in [0.2, 0.25) is 0 Å². The number of benzene rings is 3. The van der Waals surface area contributed by atoms with Crippen LogP contribution in [0.3, 0.4) is 0 Å². The maximum Gasteiger partial charge on any atom is 0.253 e. The van der Waals surface area contributed by atoms with Crippen molar-refractivity contribution in [1.29, 1.82) is 0 Å². The number of nitrogens with one attached hydrogen (secondary N) is 1. The van der Waals surface area contributed by atoms with Gasteiger partial charge in [-0.15, -0.1) is 0 Å². The van der Waals surface area contributed by atoms with Crippen LogP contribution in [0.25, 0.3) is 10.9 Å². The molecule has 0 radical (unpaired) electrons. The van der Waals surface area contributed by atoms with Crippen LogP contribution in [0.4, 0.5) is 0 Å². The second-order valence-corrected chi connectivity index (χ2v) is 7.06. The number of hydrogen-bond acceptors (Lipinski definition) is 2. The van der Waals surface area contributed by atoms with Crippen molar-refractivity contribution in [2.24, 2.45) is 0 Å². The zero-order valence-electron chi connectivity index (χ0n) is 16.5. The fraction of sp³-hybridized carbons (Fsp3) is 0.160. The van der Waals surface area contributed by atoms with Gasteiger partial charge in [-0.05, 0) is 22.8 Å². The van der Waals surface area contributed by atoms with Gasteiger partial charge >= 0.3 is 0 Å². The summed E-state index contributed by atoms with van der Waals surface area (Å²) in [6.45, 7) is 1.73. The second-order valence-electron chi connectivity index (χ2n) is 7.06. The van der Waals surface area contributed by atoms with E-state index in [1.165, 1.54) is 5.56 Å². The summed E-state index contributed by atoms with van der Waals surface area (Å²) in [5.41, 5.74) is 5.10. The summed E-state index contributed by atoms with van der Waals surface area (Å²) in [5, 5.41) is 4.04. The van der Waals surface area contributed by atoms with E-state index in [4.69, 9.17) is 4.74 Å². The van der Waals surface area contributed by atoms with Gasteiger partial charge in [0.05, 0.1) is 12.2 Å². The molecule has 4 heteroatoms. The molecular formula is C25H24N2O2. The van der Waals surface area contributed by atoms with Gasteiger partial charge in [0.25, 0.3) is 5.91 Å². The van der Waals surface area contributed by atoms with E-state index in [0.29, 0.717) is 18.7 Å². The lowest BCUT2D eigenvalue weighted by Gasteiger charge is -2.10. The first kappa shape index (κ1) is 19.0. The van der Waals surface area contributed by atoms with Crippen LogP contribution in [-0.2, 0) is 24.4 Å². The molecule has 0 aliphatic carbocycles. The number of carbonyl (C=O) groups is 1. The van der Waals surface area contributed by atoms with Gasteiger partial charge in [0.15, 0.2) is 0 Å². The molecular weight excluding hydrogens is 360 g/mol. The lowest BCUT2D eigenvalue weighted by molar-refractivity contribution is 0.0952. The predicted octanol–water partition coefficient (Wildman–Crippen LogP) is 4.77. The van der Waals surface area contributed by atoms with E-state index >= 15 is 0 Å². The molecule has 0 saturated carbocycles. The number of fused-ring (bicyclic) bond motifs is 1. The SMILES string of the molecule is COCc1ccccc1CNC(=O)c1cn(Cc2ccccc2)c2ccccc12. The standard InChI is InChI=1S/C25H24N2O2/c1-29-18-21-12-6-5-11-20(21)15-26-25(28)23-17-27(16-19-9-3-2-4-10-19)24-14-8-7-13-22(23)24/h2-14,17H,15-16,18H2,1H3,(H,26,28). The van der Waals surface area contributed by atoms with Crippen molar-refractivity contribution in [2.45, 2.75) is 19.7 Å². The predicted molar refractivity (Wildman–Crippen MR) is 116 cm³/mol. The van der Waals surface area contributed by atoms with E-state index in [1.54, 1.807) is 7.11 Å². The van der Waals surface area contributed by atoms with E-state index in [-0.39, 0.29) is 5.91 Å². The first-order valence-electron chi connectivity index (χ1n) is 9.72. The van der Waals surface area contributed by atoms with Crippen molar-refractivity contribution < 1.29 is 9.53 Å². The van der Waals surface area contributed by atoms with Crippen molar-refractivity contribution >= 4 is 16.8 Å². The Bertz CT molecular complexity index is 1120. The maximum absolute atomic E-state index is 13.0. The largest absolute Gasteiger partial charge is 0.380 e. The number of carbonyl (C=O) groups excluding carboxylic acids is 1. The quantitative estimate of drug-likeness (QED) is 0.499. The Labute approximate surface area is 170 Å².